The van der Waals surface area contributed by atoms with Gasteiger partial charge in [-0.05, 0) is 71.3 Å². The van der Waals surface area contributed by atoms with Crippen LogP contribution in [0.25, 0.3) is 33.3 Å². The molecular formula is C41H41NS. The maximum atomic E-state index is 5.73. The maximum absolute atomic E-state index is 5.73. The van der Waals surface area contributed by atoms with Crippen molar-refractivity contribution in [2.24, 2.45) is 0 Å². The first kappa shape index (κ1) is 30.4. The van der Waals surface area contributed by atoms with E-state index in [0.29, 0.717) is 0 Å². The molecule has 0 spiro atoms. The molecule has 43 heavy (non-hydrogen) atoms. The highest BCUT2D eigenvalue weighted by Crippen LogP contribution is 2.33. The monoisotopic (exact) mass is 579 g/mol. The summed E-state index contributed by atoms with van der Waals surface area (Å²) in [5.41, 5.74) is 8.39. The van der Waals surface area contributed by atoms with Gasteiger partial charge in [0.15, 0.2) is 0 Å². The molecule has 1 nitrogen and oxygen atoms in total. The summed E-state index contributed by atoms with van der Waals surface area (Å²) in [4.78, 5) is 6.19. The van der Waals surface area contributed by atoms with Crippen LogP contribution in [0.2, 0.25) is 0 Å². The van der Waals surface area contributed by atoms with Crippen molar-refractivity contribution in [2.45, 2.75) is 77.6 Å². The Morgan fingerprint density at radius 3 is 2.19 bits per heavy atom. The third-order valence-electron chi connectivity index (χ3n) is 8.06. The molecule has 3 aromatic carbocycles. The number of hydrogen-bond acceptors (Lipinski definition) is 2. The molecule has 0 bridgehead atoms. The zero-order valence-corrected chi connectivity index (χ0v) is 26.2. The van der Waals surface area contributed by atoms with E-state index in [1.54, 1.807) is 11.3 Å². The molecule has 0 saturated heterocycles. The maximum Gasteiger partial charge on any atom is 0.0775 e. The van der Waals surface area contributed by atoms with Gasteiger partial charge >= 0.3 is 0 Å². The Labute approximate surface area is 262 Å². The molecule has 0 aliphatic heterocycles. The van der Waals surface area contributed by atoms with Gasteiger partial charge in [0.2, 0.25) is 0 Å². The highest BCUT2D eigenvalue weighted by molar-refractivity contribution is 7.10. The van der Waals surface area contributed by atoms with E-state index < -0.39 is 0 Å². The number of aryl methyl sites for hydroxylation is 1. The van der Waals surface area contributed by atoms with Crippen molar-refractivity contribution in [3.05, 3.63) is 112 Å². The lowest BCUT2D eigenvalue weighted by Crippen LogP contribution is -1.93. The predicted octanol–water partition coefficient (Wildman–Crippen LogP) is 11.5. The number of rotatable bonds is 13. The largest absolute Gasteiger partial charge is 0.248 e. The van der Waals surface area contributed by atoms with Crippen LogP contribution < -0.4 is 0 Å². The molecule has 2 heterocycles. The standard InChI is InChI=1S/C41H41NS/c1-3-5-6-7-8-9-10-11-12-14-19-33-28-36(43-31-33)26-25-35-22-17-18-23-37(35)41-30-38(34-20-15-13-16-21-34)39-29-32(4-2)24-27-40(39)42-41/h2,13,15-18,20-24,27-31H,3,5-12,14,19H2,1H3. The summed E-state index contributed by atoms with van der Waals surface area (Å²) in [5.74, 6) is 9.69. The van der Waals surface area contributed by atoms with E-state index in [2.05, 4.69) is 96.8 Å². The van der Waals surface area contributed by atoms with E-state index in [1.165, 1.54) is 69.8 Å². The molecule has 5 rings (SSSR count). The van der Waals surface area contributed by atoms with E-state index in [-0.39, 0.29) is 0 Å². The summed E-state index contributed by atoms with van der Waals surface area (Å²) in [6, 6.07) is 29.3. The van der Waals surface area contributed by atoms with Crippen LogP contribution in [0, 0.1) is 24.2 Å². The first-order valence-corrected chi connectivity index (χ1v) is 16.8. The minimum absolute atomic E-state index is 0.856. The van der Waals surface area contributed by atoms with Crippen molar-refractivity contribution in [2.75, 3.05) is 0 Å². The van der Waals surface area contributed by atoms with Crippen molar-refractivity contribution >= 4 is 22.2 Å². The Morgan fingerprint density at radius 1 is 0.698 bits per heavy atom. The quantitative estimate of drug-likeness (QED) is 0.0998. The summed E-state index contributed by atoms with van der Waals surface area (Å²) in [6.45, 7) is 2.28. The second-order valence-electron chi connectivity index (χ2n) is 11.3. The van der Waals surface area contributed by atoms with Crippen LogP contribution in [-0.4, -0.2) is 4.98 Å². The summed E-state index contributed by atoms with van der Waals surface area (Å²) < 4.78 is 0. The van der Waals surface area contributed by atoms with E-state index in [4.69, 9.17) is 11.4 Å². The van der Waals surface area contributed by atoms with Crippen molar-refractivity contribution < 1.29 is 0 Å². The van der Waals surface area contributed by atoms with Gasteiger partial charge in [-0.2, -0.15) is 0 Å². The fraction of sp³-hybridized carbons (Fsp3) is 0.293. The Kier molecular flexibility index (Phi) is 11.2. The number of thiophene rings is 1. The van der Waals surface area contributed by atoms with Gasteiger partial charge in [-0.3, -0.25) is 0 Å². The van der Waals surface area contributed by atoms with Gasteiger partial charge in [-0.15, -0.1) is 17.8 Å². The number of fused-ring (bicyclic) bond motifs is 1. The van der Waals surface area contributed by atoms with Crippen LogP contribution >= 0.6 is 11.3 Å². The number of aromatic nitrogens is 1. The normalized spacial score (nSPS) is 10.8. The van der Waals surface area contributed by atoms with Gasteiger partial charge in [-0.1, -0.05) is 131 Å². The average molecular weight is 580 g/mol. The van der Waals surface area contributed by atoms with Crippen LogP contribution in [0.3, 0.4) is 0 Å². The van der Waals surface area contributed by atoms with Gasteiger partial charge in [0.1, 0.15) is 0 Å². The van der Waals surface area contributed by atoms with Gasteiger partial charge < -0.3 is 0 Å². The molecule has 0 radical (unpaired) electrons. The lowest BCUT2D eigenvalue weighted by atomic mass is 9.96. The zero-order chi connectivity index (χ0) is 29.7. The molecule has 0 atom stereocenters. The summed E-state index contributed by atoms with van der Waals surface area (Å²) >= 11 is 1.75. The molecular weight excluding hydrogens is 539 g/mol. The molecule has 0 aliphatic carbocycles. The van der Waals surface area contributed by atoms with Crippen LogP contribution in [0.15, 0.2) is 90.3 Å². The number of terminal acetylenes is 1. The molecule has 0 saturated carbocycles. The van der Waals surface area contributed by atoms with Crippen molar-refractivity contribution in [1.82, 2.24) is 4.98 Å². The van der Waals surface area contributed by atoms with Gasteiger partial charge in [0.25, 0.3) is 0 Å². The molecule has 216 valence electrons. The van der Waals surface area contributed by atoms with Crippen LogP contribution in [0.5, 0.6) is 0 Å². The fourth-order valence-corrected chi connectivity index (χ4v) is 6.44. The molecule has 0 amide bonds. The van der Waals surface area contributed by atoms with Crippen LogP contribution in [0.4, 0.5) is 0 Å². The third-order valence-corrected chi connectivity index (χ3v) is 8.95. The Hall–Kier alpha value is -4.11. The van der Waals surface area contributed by atoms with E-state index in [9.17, 15) is 0 Å². The molecule has 0 aliphatic rings. The smallest absolute Gasteiger partial charge is 0.0775 e. The summed E-state index contributed by atoms with van der Waals surface area (Å²) in [6.07, 6.45) is 20.6. The Bertz CT molecular complexity index is 1720. The second kappa shape index (κ2) is 15.9. The molecule has 0 unspecified atom stereocenters. The number of nitrogens with zero attached hydrogens (tertiary/aromatic N) is 1. The van der Waals surface area contributed by atoms with E-state index in [1.807, 2.05) is 18.2 Å². The first-order chi connectivity index (χ1) is 21.2. The predicted molar refractivity (Wildman–Crippen MR) is 186 cm³/mol. The fourth-order valence-electron chi connectivity index (χ4n) is 5.64. The number of unbranched alkanes of at least 4 members (excludes halogenated alkanes) is 9. The van der Waals surface area contributed by atoms with Crippen molar-refractivity contribution in [3.63, 3.8) is 0 Å². The first-order valence-electron chi connectivity index (χ1n) is 15.9. The van der Waals surface area contributed by atoms with Gasteiger partial charge in [0.05, 0.1) is 16.1 Å². The Balaban J connectivity index is 1.28. The molecule has 5 aromatic rings. The molecule has 2 aromatic heterocycles. The number of hydrogen-bond donors (Lipinski definition) is 0. The highest BCUT2D eigenvalue weighted by Gasteiger charge is 2.12. The minimum Gasteiger partial charge on any atom is -0.248 e. The molecule has 2 heteroatoms. The van der Waals surface area contributed by atoms with E-state index in [0.717, 1.165) is 55.7 Å². The lowest BCUT2D eigenvalue weighted by Gasteiger charge is -2.12. The third kappa shape index (κ3) is 8.47. The second-order valence-corrected chi connectivity index (χ2v) is 12.3. The van der Waals surface area contributed by atoms with Crippen molar-refractivity contribution in [3.8, 4) is 46.6 Å². The van der Waals surface area contributed by atoms with Crippen LogP contribution in [0.1, 0.15) is 92.7 Å². The van der Waals surface area contributed by atoms with Crippen LogP contribution in [-0.2, 0) is 6.42 Å². The minimum atomic E-state index is 0.856. The van der Waals surface area contributed by atoms with E-state index >= 15 is 0 Å². The number of pyridine rings is 1. The molecule has 0 fully saturated rings. The Morgan fingerprint density at radius 2 is 1.42 bits per heavy atom. The SMILES string of the molecule is C#Cc1ccc2nc(-c3ccccc3C#Cc3cc(CCCCCCCCCCCC)cs3)cc(-c3ccccc3)c2c1. The highest BCUT2D eigenvalue weighted by atomic mass is 32.1. The molecule has 0 N–H and O–H groups in total. The van der Waals surface area contributed by atoms with Gasteiger partial charge in [-0.25, -0.2) is 4.98 Å². The van der Waals surface area contributed by atoms with Crippen molar-refractivity contribution in [1.29, 1.82) is 0 Å². The number of benzene rings is 3. The van der Waals surface area contributed by atoms with Gasteiger partial charge in [0, 0.05) is 22.1 Å². The topological polar surface area (TPSA) is 12.9 Å². The summed E-state index contributed by atoms with van der Waals surface area (Å²) in [7, 11) is 0. The lowest BCUT2D eigenvalue weighted by molar-refractivity contribution is 0.556. The average Bonchev–Trinajstić information content (AvgIpc) is 3.52. The zero-order valence-electron chi connectivity index (χ0n) is 25.4. The summed E-state index contributed by atoms with van der Waals surface area (Å²) in [5, 5.41) is 3.34.